The maximum absolute atomic E-state index is 11.9. The minimum Gasteiger partial charge on any atom is -0.460 e. The number of Topliss-reactive ketones (excluding diaryl/α,β-unsaturated/α-hetero) is 1. The van der Waals surface area contributed by atoms with Crippen molar-refractivity contribution in [1.29, 1.82) is 5.26 Å². The summed E-state index contributed by atoms with van der Waals surface area (Å²) in [5, 5.41) is 9.09. The molecule has 0 radical (unpaired) electrons. The summed E-state index contributed by atoms with van der Waals surface area (Å²) in [4.78, 5) is 23.4. The van der Waals surface area contributed by atoms with Gasteiger partial charge in [-0.2, -0.15) is 5.26 Å². The third kappa shape index (κ3) is 4.71. The second-order valence-corrected chi connectivity index (χ2v) is 4.44. The third-order valence-corrected chi connectivity index (χ3v) is 2.99. The molecule has 0 aliphatic heterocycles. The first-order valence-corrected chi connectivity index (χ1v) is 6.46. The summed E-state index contributed by atoms with van der Waals surface area (Å²) >= 11 is 6.04. The largest absolute Gasteiger partial charge is 0.460 e. The highest BCUT2D eigenvalue weighted by molar-refractivity contribution is 6.33. The van der Waals surface area contributed by atoms with E-state index in [2.05, 4.69) is 0 Å². The van der Waals surface area contributed by atoms with Crippen molar-refractivity contribution in [3.05, 3.63) is 39.9 Å². The van der Waals surface area contributed by atoms with Gasteiger partial charge in [-0.1, -0.05) is 23.7 Å². The number of benzene rings is 1. The van der Waals surface area contributed by atoms with E-state index in [4.69, 9.17) is 26.3 Å². The molecule has 6 heteroatoms. The van der Waals surface area contributed by atoms with E-state index in [1.165, 1.54) is 20.1 Å². The van der Waals surface area contributed by atoms with Crippen LogP contribution in [0.5, 0.6) is 0 Å². The molecular formula is C15H14ClNO4. The Bertz CT molecular complexity index is 617. The van der Waals surface area contributed by atoms with Crippen molar-refractivity contribution in [2.24, 2.45) is 0 Å². The van der Waals surface area contributed by atoms with Gasteiger partial charge in [0.05, 0.1) is 17.2 Å². The molecule has 110 valence electrons. The van der Waals surface area contributed by atoms with Gasteiger partial charge in [-0.15, -0.1) is 0 Å². The molecule has 1 aromatic rings. The Labute approximate surface area is 127 Å². The van der Waals surface area contributed by atoms with Crippen molar-refractivity contribution in [3.63, 3.8) is 0 Å². The highest BCUT2D eigenvalue weighted by atomic mass is 35.5. The Hall–Kier alpha value is -2.16. The van der Waals surface area contributed by atoms with Gasteiger partial charge in [0.1, 0.15) is 18.2 Å². The van der Waals surface area contributed by atoms with E-state index < -0.39 is 11.8 Å². The van der Waals surface area contributed by atoms with Gasteiger partial charge in [-0.05, 0) is 24.6 Å². The molecule has 1 rings (SSSR count). The van der Waals surface area contributed by atoms with Gasteiger partial charge in [-0.25, -0.2) is 4.79 Å². The SMILES string of the molecule is COCCOC(=O)C(=Cc1cccc(C#N)c1Cl)C(C)=O. The number of carbonyl (C=O) groups excluding carboxylic acids is 2. The van der Waals surface area contributed by atoms with Gasteiger partial charge in [0.15, 0.2) is 5.78 Å². The Balaban J connectivity index is 3.09. The smallest absolute Gasteiger partial charge is 0.341 e. The molecule has 1 aromatic carbocycles. The average Bonchev–Trinajstić information content (AvgIpc) is 2.45. The zero-order chi connectivity index (χ0) is 15.8. The van der Waals surface area contributed by atoms with Crippen LogP contribution < -0.4 is 0 Å². The summed E-state index contributed by atoms with van der Waals surface area (Å²) < 4.78 is 9.67. The van der Waals surface area contributed by atoms with Crippen molar-refractivity contribution < 1.29 is 19.1 Å². The lowest BCUT2D eigenvalue weighted by Crippen LogP contribution is -2.16. The molecule has 0 atom stereocenters. The first kappa shape index (κ1) is 16.9. The normalized spacial score (nSPS) is 10.9. The molecule has 0 unspecified atom stereocenters. The van der Waals surface area contributed by atoms with Gasteiger partial charge in [0.2, 0.25) is 0 Å². The number of nitriles is 1. The minimum absolute atomic E-state index is 0.0475. The van der Waals surface area contributed by atoms with Crippen LogP contribution in [0.2, 0.25) is 5.02 Å². The van der Waals surface area contributed by atoms with Crippen LogP contribution >= 0.6 is 11.6 Å². The lowest BCUT2D eigenvalue weighted by Gasteiger charge is -2.07. The molecule has 0 aliphatic carbocycles. The topological polar surface area (TPSA) is 76.4 Å². The number of halogens is 1. The van der Waals surface area contributed by atoms with Crippen LogP contribution in [-0.2, 0) is 19.1 Å². The van der Waals surface area contributed by atoms with E-state index in [0.29, 0.717) is 5.56 Å². The molecule has 0 heterocycles. The fraction of sp³-hybridized carbons (Fsp3) is 0.267. The number of ether oxygens (including phenoxy) is 2. The summed E-state index contributed by atoms with van der Waals surface area (Å²) in [6, 6.07) is 6.70. The minimum atomic E-state index is -0.752. The maximum Gasteiger partial charge on any atom is 0.341 e. The van der Waals surface area contributed by atoms with E-state index in [0.717, 1.165) is 0 Å². The second kappa shape index (κ2) is 8.20. The maximum atomic E-state index is 11.9. The number of carbonyl (C=O) groups is 2. The number of hydrogen-bond acceptors (Lipinski definition) is 5. The number of ketones is 1. The Morgan fingerprint density at radius 3 is 2.67 bits per heavy atom. The standard InChI is InChI=1S/C15H14ClNO4/c1-10(18)13(15(19)21-7-6-20-2)8-11-4-3-5-12(9-17)14(11)16/h3-5,8H,6-7H2,1-2H3. The Kier molecular flexibility index (Phi) is 6.60. The highest BCUT2D eigenvalue weighted by Gasteiger charge is 2.17. The van der Waals surface area contributed by atoms with E-state index in [1.807, 2.05) is 6.07 Å². The zero-order valence-electron chi connectivity index (χ0n) is 11.7. The van der Waals surface area contributed by atoms with Gasteiger partial charge in [-0.3, -0.25) is 4.79 Å². The van der Waals surface area contributed by atoms with Gasteiger partial charge < -0.3 is 9.47 Å². The second-order valence-electron chi connectivity index (χ2n) is 4.06. The van der Waals surface area contributed by atoms with Gasteiger partial charge >= 0.3 is 5.97 Å². The molecule has 0 spiro atoms. The van der Waals surface area contributed by atoms with Crippen molar-refractivity contribution in [2.45, 2.75) is 6.92 Å². The molecule has 0 aromatic heterocycles. The van der Waals surface area contributed by atoms with Crippen LogP contribution in [0.1, 0.15) is 18.1 Å². The lowest BCUT2D eigenvalue weighted by atomic mass is 10.1. The quantitative estimate of drug-likeness (QED) is 0.265. The predicted molar refractivity (Wildman–Crippen MR) is 77.7 cm³/mol. The monoisotopic (exact) mass is 307 g/mol. The first-order chi connectivity index (χ1) is 10.0. The predicted octanol–water partition coefficient (Wildman–Crippen LogP) is 2.37. The van der Waals surface area contributed by atoms with Crippen molar-refractivity contribution in [2.75, 3.05) is 20.3 Å². The van der Waals surface area contributed by atoms with Crippen LogP contribution in [0.4, 0.5) is 0 Å². The molecule has 0 amide bonds. The molecule has 0 aliphatic rings. The van der Waals surface area contributed by atoms with Crippen LogP contribution in [0.25, 0.3) is 6.08 Å². The lowest BCUT2D eigenvalue weighted by molar-refractivity contribution is -0.141. The Morgan fingerprint density at radius 2 is 2.10 bits per heavy atom. The summed E-state index contributed by atoms with van der Waals surface area (Å²) in [5.41, 5.74) is 0.536. The number of hydrogen-bond donors (Lipinski definition) is 0. The molecule has 5 nitrogen and oxygen atoms in total. The van der Waals surface area contributed by atoms with Crippen molar-refractivity contribution in [1.82, 2.24) is 0 Å². The van der Waals surface area contributed by atoms with Crippen molar-refractivity contribution >= 4 is 29.4 Å². The van der Waals surface area contributed by atoms with Crippen LogP contribution in [0.15, 0.2) is 23.8 Å². The van der Waals surface area contributed by atoms with Gasteiger partial charge in [0.25, 0.3) is 0 Å². The fourth-order valence-corrected chi connectivity index (χ4v) is 1.73. The summed E-state index contributed by atoms with van der Waals surface area (Å²) in [5.74, 6) is -1.20. The van der Waals surface area contributed by atoms with E-state index in [9.17, 15) is 9.59 Å². The number of nitrogens with zero attached hydrogens (tertiary/aromatic N) is 1. The van der Waals surface area contributed by atoms with Crippen LogP contribution in [0, 0.1) is 11.3 Å². The van der Waals surface area contributed by atoms with E-state index >= 15 is 0 Å². The van der Waals surface area contributed by atoms with Gasteiger partial charge in [0, 0.05) is 7.11 Å². The number of rotatable bonds is 6. The molecule has 0 saturated carbocycles. The van der Waals surface area contributed by atoms with E-state index in [-0.39, 0.29) is 29.4 Å². The molecule has 21 heavy (non-hydrogen) atoms. The van der Waals surface area contributed by atoms with Crippen LogP contribution in [-0.4, -0.2) is 32.1 Å². The third-order valence-electron chi connectivity index (χ3n) is 2.57. The zero-order valence-corrected chi connectivity index (χ0v) is 12.4. The van der Waals surface area contributed by atoms with Crippen molar-refractivity contribution in [3.8, 4) is 6.07 Å². The molecule has 0 saturated heterocycles. The summed E-state index contributed by atoms with van der Waals surface area (Å²) in [6.07, 6.45) is 1.32. The number of esters is 1. The summed E-state index contributed by atoms with van der Waals surface area (Å²) in [6.45, 7) is 1.54. The fourth-order valence-electron chi connectivity index (χ4n) is 1.50. The average molecular weight is 308 g/mol. The van der Waals surface area contributed by atoms with Crippen LogP contribution in [0.3, 0.4) is 0 Å². The highest BCUT2D eigenvalue weighted by Crippen LogP contribution is 2.23. The summed E-state index contributed by atoms with van der Waals surface area (Å²) in [7, 11) is 1.47. The first-order valence-electron chi connectivity index (χ1n) is 6.08. The molecule has 0 fully saturated rings. The molecular weight excluding hydrogens is 294 g/mol. The molecule has 0 N–H and O–H groups in total. The Morgan fingerprint density at radius 1 is 1.38 bits per heavy atom. The number of methoxy groups -OCH3 is 1. The molecule has 0 bridgehead atoms. The van der Waals surface area contributed by atoms with E-state index in [1.54, 1.807) is 18.2 Å².